The van der Waals surface area contributed by atoms with Crippen molar-refractivity contribution in [3.05, 3.63) is 54.0 Å². The minimum absolute atomic E-state index is 0.0570. The Balaban J connectivity index is 1.52. The Labute approximate surface area is 183 Å². The molecule has 1 unspecified atom stereocenters. The Morgan fingerprint density at radius 2 is 1.90 bits per heavy atom. The molecule has 8 nitrogen and oxygen atoms in total. The van der Waals surface area contributed by atoms with Crippen LogP contribution < -0.4 is 20.1 Å². The number of nitrogens with zero attached hydrogens (tertiary/aromatic N) is 4. The summed E-state index contributed by atoms with van der Waals surface area (Å²) < 4.78 is 13.4. The third-order valence-corrected chi connectivity index (χ3v) is 4.90. The van der Waals surface area contributed by atoms with Crippen LogP contribution in [-0.2, 0) is 6.42 Å². The fourth-order valence-corrected chi connectivity index (χ4v) is 3.33. The molecule has 0 radical (unpaired) electrons. The van der Waals surface area contributed by atoms with E-state index in [-0.39, 0.29) is 6.04 Å². The first-order valence-corrected chi connectivity index (χ1v) is 10.8. The van der Waals surface area contributed by atoms with Crippen molar-refractivity contribution >= 4 is 11.6 Å². The zero-order chi connectivity index (χ0) is 22.1. The third kappa shape index (κ3) is 5.87. The van der Waals surface area contributed by atoms with E-state index in [4.69, 9.17) is 9.47 Å². The van der Waals surface area contributed by atoms with Crippen molar-refractivity contribution in [1.82, 2.24) is 25.2 Å². The highest BCUT2D eigenvalue weighted by Crippen LogP contribution is 2.30. The highest BCUT2D eigenvalue weighted by Gasteiger charge is 2.12. The van der Waals surface area contributed by atoms with Crippen LogP contribution in [0, 0.1) is 0 Å². The lowest BCUT2D eigenvalue weighted by molar-refractivity contribution is 0.287. The fourth-order valence-electron chi connectivity index (χ4n) is 3.33. The number of hydrogen-bond acceptors (Lipinski definition) is 5. The van der Waals surface area contributed by atoms with Crippen molar-refractivity contribution in [1.29, 1.82) is 0 Å². The first kappa shape index (κ1) is 22.4. The number of aliphatic imine (C=N–C) groups is 1. The number of nitrogens with one attached hydrogen (secondary N) is 2. The average Bonchev–Trinajstić information content (AvgIpc) is 3.20. The van der Waals surface area contributed by atoms with E-state index in [0.29, 0.717) is 13.2 Å². The standard InChI is InChI=1S/C23H32N6O2/c1-5-30-19-13-12-18(16-20(19)31-6-2)17(3)26-23(24-4)25-14-9-11-22-28-27-21-10-7-8-15-29(21)22/h7-8,10,12-13,15-17H,5-6,9,11,14H2,1-4H3,(H2,24,25,26). The number of fused-ring (bicyclic) bond motifs is 1. The molecule has 2 aromatic heterocycles. The molecule has 1 atom stereocenters. The van der Waals surface area contributed by atoms with E-state index in [1.165, 1.54) is 0 Å². The summed E-state index contributed by atoms with van der Waals surface area (Å²) in [5, 5.41) is 15.3. The smallest absolute Gasteiger partial charge is 0.191 e. The summed E-state index contributed by atoms with van der Waals surface area (Å²) in [6, 6.07) is 12.0. The van der Waals surface area contributed by atoms with Crippen LogP contribution in [0.3, 0.4) is 0 Å². The molecule has 2 heterocycles. The SMILES string of the molecule is CCOc1ccc(C(C)NC(=NC)NCCCc2nnc3ccccn23)cc1OCC. The van der Waals surface area contributed by atoms with Crippen LogP contribution in [0.5, 0.6) is 11.5 Å². The second-order valence-corrected chi connectivity index (χ2v) is 7.09. The van der Waals surface area contributed by atoms with Gasteiger partial charge in [0.1, 0.15) is 5.82 Å². The molecule has 0 saturated heterocycles. The van der Waals surface area contributed by atoms with Gasteiger partial charge in [-0.05, 0) is 57.0 Å². The third-order valence-electron chi connectivity index (χ3n) is 4.90. The van der Waals surface area contributed by atoms with Gasteiger partial charge in [0.25, 0.3) is 0 Å². The summed E-state index contributed by atoms with van der Waals surface area (Å²) in [4.78, 5) is 4.35. The number of aryl methyl sites for hydroxylation is 1. The largest absolute Gasteiger partial charge is 0.490 e. The van der Waals surface area contributed by atoms with E-state index in [1.54, 1.807) is 7.05 Å². The molecule has 0 spiro atoms. The van der Waals surface area contributed by atoms with E-state index in [9.17, 15) is 0 Å². The van der Waals surface area contributed by atoms with Crippen molar-refractivity contribution in [2.75, 3.05) is 26.8 Å². The van der Waals surface area contributed by atoms with E-state index in [0.717, 1.165) is 53.9 Å². The van der Waals surface area contributed by atoms with Gasteiger partial charge in [-0.2, -0.15) is 0 Å². The Bertz CT molecular complexity index is 1000. The lowest BCUT2D eigenvalue weighted by atomic mass is 10.1. The quantitative estimate of drug-likeness (QED) is 0.295. The first-order valence-electron chi connectivity index (χ1n) is 10.8. The van der Waals surface area contributed by atoms with Crippen molar-refractivity contribution in [3.8, 4) is 11.5 Å². The Morgan fingerprint density at radius 3 is 2.68 bits per heavy atom. The lowest BCUT2D eigenvalue weighted by Crippen LogP contribution is -2.39. The van der Waals surface area contributed by atoms with Gasteiger partial charge in [0.05, 0.1) is 19.3 Å². The zero-order valence-electron chi connectivity index (χ0n) is 18.8. The van der Waals surface area contributed by atoms with Gasteiger partial charge in [0.15, 0.2) is 23.1 Å². The molecule has 0 saturated carbocycles. The van der Waals surface area contributed by atoms with Crippen molar-refractivity contribution in [2.24, 2.45) is 4.99 Å². The molecule has 0 aliphatic carbocycles. The van der Waals surface area contributed by atoms with Crippen LogP contribution in [0.1, 0.15) is 44.6 Å². The van der Waals surface area contributed by atoms with E-state index in [1.807, 2.05) is 54.8 Å². The Kier molecular flexibility index (Phi) is 8.09. The molecule has 3 aromatic rings. The summed E-state index contributed by atoms with van der Waals surface area (Å²) >= 11 is 0. The Morgan fingerprint density at radius 1 is 1.10 bits per heavy atom. The zero-order valence-corrected chi connectivity index (χ0v) is 18.8. The van der Waals surface area contributed by atoms with Gasteiger partial charge >= 0.3 is 0 Å². The molecule has 8 heteroatoms. The maximum absolute atomic E-state index is 5.75. The highest BCUT2D eigenvalue weighted by atomic mass is 16.5. The topological polar surface area (TPSA) is 85.1 Å². The van der Waals surface area contributed by atoms with Gasteiger partial charge in [0, 0.05) is 26.2 Å². The van der Waals surface area contributed by atoms with Gasteiger partial charge < -0.3 is 20.1 Å². The van der Waals surface area contributed by atoms with Crippen molar-refractivity contribution < 1.29 is 9.47 Å². The minimum atomic E-state index is 0.0570. The van der Waals surface area contributed by atoms with Gasteiger partial charge in [-0.25, -0.2) is 0 Å². The lowest BCUT2D eigenvalue weighted by Gasteiger charge is -2.20. The second kappa shape index (κ2) is 11.2. The minimum Gasteiger partial charge on any atom is -0.490 e. The van der Waals surface area contributed by atoms with Crippen LogP contribution in [0.4, 0.5) is 0 Å². The number of ether oxygens (including phenoxy) is 2. The van der Waals surface area contributed by atoms with Crippen LogP contribution in [0.2, 0.25) is 0 Å². The van der Waals surface area contributed by atoms with Crippen LogP contribution >= 0.6 is 0 Å². The predicted molar refractivity (Wildman–Crippen MR) is 123 cm³/mol. The molecule has 166 valence electrons. The molecule has 0 amide bonds. The van der Waals surface area contributed by atoms with Gasteiger partial charge in [-0.1, -0.05) is 12.1 Å². The average molecular weight is 425 g/mol. The number of hydrogen-bond donors (Lipinski definition) is 2. The summed E-state index contributed by atoms with van der Waals surface area (Å²) in [6.45, 7) is 8.01. The highest BCUT2D eigenvalue weighted by molar-refractivity contribution is 5.80. The van der Waals surface area contributed by atoms with E-state index < -0.39 is 0 Å². The molecule has 2 N–H and O–H groups in total. The molecule has 1 aromatic carbocycles. The number of rotatable bonds is 10. The molecular weight excluding hydrogens is 392 g/mol. The summed E-state index contributed by atoms with van der Waals surface area (Å²) in [5.41, 5.74) is 1.98. The van der Waals surface area contributed by atoms with Crippen LogP contribution in [0.15, 0.2) is 47.6 Å². The van der Waals surface area contributed by atoms with E-state index >= 15 is 0 Å². The van der Waals surface area contributed by atoms with Crippen LogP contribution in [-0.4, -0.2) is 47.4 Å². The maximum Gasteiger partial charge on any atom is 0.191 e. The van der Waals surface area contributed by atoms with Gasteiger partial charge in [0.2, 0.25) is 0 Å². The molecule has 31 heavy (non-hydrogen) atoms. The fraction of sp³-hybridized carbons (Fsp3) is 0.435. The second-order valence-electron chi connectivity index (χ2n) is 7.09. The number of aromatic nitrogens is 3. The Hall–Kier alpha value is -3.29. The summed E-state index contributed by atoms with van der Waals surface area (Å²) in [7, 11) is 1.78. The molecule has 0 aliphatic rings. The summed E-state index contributed by atoms with van der Waals surface area (Å²) in [6.07, 6.45) is 3.75. The number of benzene rings is 1. The number of guanidine groups is 1. The van der Waals surface area contributed by atoms with Crippen molar-refractivity contribution in [2.45, 2.75) is 39.7 Å². The molecular formula is C23H32N6O2. The molecule has 0 aliphatic heterocycles. The van der Waals surface area contributed by atoms with Gasteiger partial charge in [-0.3, -0.25) is 9.39 Å². The maximum atomic E-state index is 5.75. The van der Waals surface area contributed by atoms with Gasteiger partial charge in [-0.15, -0.1) is 10.2 Å². The normalized spacial score (nSPS) is 12.6. The molecule has 0 bridgehead atoms. The summed E-state index contributed by atoms with van der Waals surface area (Å²) in [5.74, 6) is 3.25. The monoisotopic (exact) mass is 424 g/mol. The number of pyridine rings is 1. The molecule has 3 rings (SSSR count). The predicted octanol–water partition coefficient (Wildman–Crippen LogP) is 3.39. The van der Waals surface area contributed by atoms with E-state index in [2.05, 4.69) is 38.8 Å². The first-order chi connectivity index (χ1) is 15.2. The van der Waals surface area contributed by atoms with Crippen LogP contribution in [0.25, 0.3) is 5.65 Å². The molecule has 0 fully saturated rings. The van der Waals surface area contributed by atoms with Crippen molar-refractivity contribution in [3.63, 3.8) is 0 Å².